The maximum absolute atomic E-state index is 12.2. The molecule has 1 aromatic carbocycles. The Bertz CT molecular complexity index is 686. The van der Waals surface area contributed by atoms with Gasteiger partial charge in [0.1, 0.15) is 0 Å². The molecule has 6 nitrogen and oxygen atoms in total. The van der Waals surface area contributed by atoms with Crippen LogP contribution in [0.2, 0.25) is 0 Å². The van der Waals surface area contributed by atoms with Gasteiger partial charge in [0.15, 0.2) is 0 Å². The quantitative estimate of drug-likeness (QED) is 0.782. The molecule has 134 valence electrons. The zero-order chi connectivity index (χ0) is 17.6. The van der Waals surface area contributed by atoms with E-state index in [0.29, 0.717) is 12.5 Å². The summed E-state index contributed by atoms with van der Waals surface area (Å²) < 4.78 is 1.94. The molecule has 3 N–H and O–H groups in total. The van der Waals surface area contributed by atoms with E-state index in [-0.39, 0.29) is 18.2 Å². The number of urea groups is 1. The minimum Gasteiger partial charge on any atom is -0.393 e. The number of aromatic nitrogens is 2. The fourth-order valence-corrected chi connectivity index (χ4v) is 3.38. The van der Waals surface area contributed by atoms with Gasteiger partial charge in [0.2, 0.25) is 0 Å². The highest BCUT2D eigenvalue weighted by molar-refractivity contribution is 5.74. The Morgan fingerprint density at radius 2 is 2.32 bits per heavy atom. The predicted octanol–water partition coefficient (Wildman–Crippen LogP) is 2.78. The molecule has 1 aliphatic rings. The number of nitrogens with one attached hydrogen (secondary N) is 2. The molecule has 3 rings (SSSR count). The summed E-state index contributed by atoms with van der Waals surface area (Å²) in [5.41, 5.74) is 2.05. The van der Waals surface area contributed by atoms with Gasteiger partial charge in [-0.05, 0) is 49.8 Å². The van der Waals surface area contributed by atoms with Crippen molar-refractivity contribution in [3.63, 3.8) is 0 Å². The van der Waals surface area contributed by atoms with Crippen LogP contribution in [0.4, 0.5) is 4.79 Å². The summed E-state index contributed by atoms with van der Waals surface area (Å²) in [5, 5.41) is 15.6. The number of carbonyl (C=O) groups excluding carboxylic acids is 1. The topological polar surface area (TPSA) is 79.2 Å². The van der Waals surface area contributed by atoms with Crippen LogP contribution < -0.4 is 10.6 Å². The summed E-state index contributed by atoms with van der Waals surface area (Å²) in [6, 6.07) is 7.77. The van der Waals surface area contributed by atoms with E-state index in [1.54, 1.807) is 12.5 Å². The smallest absolute Gasteiger partial charge is 0.315 e. The fourth-order valence-electron chi connectivity index (χ4n) is 3.38. The van der Waals surface area contributed by atoms with Crippen molar-refractivity contribution >= 4 is 6.03 Å². The van der Waals surface area contributed by atoms with Crippen molar-refractivity contribution in [3.05, 3.63) is 48.5 Å². The van der Waals surface area contributed by atoms with Crippen molar-refractivity contribution in [2.75, 3.05) is 6.54 Å². The van der Waals surface area contributed by atoms with Crippen LogP contribution in [-0.2, 0) is 0 Å². The van der Waals surface area contributed by atoms with Gasteiger partial charge in [-0.3, -0.25) is 0 Å². The van der Waals surface area contributed by atoms with E-state index in [2.05, 4.69) is 15.6 Å². The highest BCUT2D eigenvalue weighted by Crippen LogP contribution is 2.23. The number of amides is 2. The van der Waals surface area contributed by atoms with Crippen LogP contribution in [0.5, 0.6) is 0 Å². The van der Waals surface area contributed by atoms with Gasteiger partial charge in [-0.1, -0.05) is 18.6 Å². The number of rotatable bonds is 5. The largest absolute Gasteiger partial charge is 0.393 e. The molecule has 25 heavy (non-hydrogen) atoms. The van der Waals surface area contributed by atoms with Gasteiger partial charge in [-0.25, -0.2) is 9.78 Å². The summed E-state index contributed by atoms with van der Waals surface area (Å²) in [6.45, 7) is 2.58. The number of imidazole rings is 1. The molecule has 1 fully saturated rings. The van der Waals surface area contributed by atoms with E-state index in [4.69, 9.17) is 0 Å². The zero-order valence-corrected chi connectivity index (χ0v) is 14.6. The lowest BCUT2D eigenvalue weighted by molar-refractivity contribution is 0.101. The Kier molecular flexibility index (Phi) is 5.71. The normalized spacial score (nSPS) is 21.5. The van der Waals surface area contributed by atoms with Crippen LogP contribution in [0.1, 0.15) is 44.2 Å². The van der Waals surface area contributed by atoms with E-state index in [1.807, 2.05) is 42.0 Å². The molecule has 3 atom stereocenters. The Morgan fingerprint density at radius 1 is 1.44 bits per heavy atom. The summed E-state index contributed by atoms with van der Waals surface area (Å²) in [5.74, 6) is 0.370. The average Bonchev–Trinajstić information content (AvgIpc) is 3.15. The van der Waals surface area contributed by atoms with Crippen molar-refractivity contribution in [2.24, 2.45) is 5.92 Å². The molecule has 0 saturated heterocycles. The maximum Gasteiger partial charge on any atom is 0.315 e. The average molecular weight is 342 g/mol. The number of hydrogen-bond acceptors (Lipinski definition) is 3. The molecule has 1 aromatic heterocycles. The van der Waals surface area contributed by atoms with Crippen LogP contribution in [0, 0.1) is 5.92 Å². The molecule has 1 heterocycles. The van der Waals surface area contributed by atoms with E-state index >= 15 is 0 Å². The highest BCUT2D eigenvalue weighted by Gasteiger charge is 2.20. The standard InChI is InChI=1S/C19H26N4O2/c1-14(16-5-3-6-17(11-16)23-9-8-20-13-23)22-19(25)21-12-15-4-2-7-18(24)10-15/h3,5-6,8-9,11,13-15,18,24H,2,4,7,10,12H2,1H3,(H2,21,22,25). The molecular weight excluding hydrogens is 316 g/mol. The van der Waals surface area contributed by atoms with Crippen molar-refractivity contribution in [3.8, 4) is 5.69 Å². The monoisotopic (exact) mass is 342 g/mol. The summed E-state index contributed by atoms with van der Waals surface area (Å²) in [4.78, 5) is 16.2. The number of aliphatic hydroxyl groups is 1. The number of hydrogen-bond donors (Lipinski definition) is 3. The minimum absolute atomic E-state index is 0.0968. The van der Waals surface area contributed by atoms with Crippen LogP contribution >= 0.6 is 0 Å². The molecule has 0 bridgehead atoms. The lowest BCUT2D eigenvalue weighted by atomic mass is 9.87. The van der Waals surface area contributed by atoms with E-state index in [1.165, 1.54) is 0 Å². The molecule has 2 amide bonds. The van der Waals surface area contributed by atoms with Crippen molar-refractivity contribution in [2.45, 2.75) is 44.8 Å². The minimum atomic E-state index is -0.214. The van der Waals surface area contributed by atoms with Gasteiger partial charge in [0.05, 0.1) is 18.5 Å². The number of aliphatic hydroxyl groups excluding tert-OH is 1. The molecule has 3 unspecified atom stereocenters. The number of carbonyl (C=O) groups is 1. The van der Waals surface area contributed by atoms with Crippen LogP contribution in [0.25, 0.3) is 5.69 Å². The lowest BCUT2D eigenvalue weighted by Crippen LogP contribution is -2.40. The Hall–Kier alpha value is -2.34. The third kappa shape index (κ3) is 4.82. The fraction of sp³-hybridized carbons (Fsp3) is 0.474. The first-order valence-electron chi connectivity index (χ1n) is 8.92. The molecular formula is C19H26N4O2. The first-order valence-corrected chi connectivity index (χ1v) is 8.92. The third-order valence-corrected chi connectivity index (χ3v) is 4.83. The first-order chi connectivity index (χ1) is 12.1. The summed E-state index contributed by atoms with van der Waals surface area (Å²) in [6.07, 6.45) is 8.94. The molecule has 6 heteroatoms. The van der Waals surface area contributed by atoms with Gasteiger partial charge in [0.25, 0.3) is 0 Å². The van der Waals surface area contributed by atoms with E-state index in [9.17, 15) is 9.90 Å². The lowest BCUT2D eigenvalue weighted by Gasteiger charge is -2.26. The first kappa shape index (κ1) is 17.5. The van der Waals surface area contributed by atoms with Crippen LogP contribution in [0.3, 0.4) is 0 Å². The van der Waals surface area contributed by atoms with Gasteiger partial charge < -0.3 is 20.3 Å². The van der Waals surface area contributed by atoms with Crippen LogP contribution in [0.15, 0.2) is 43.0 Å². The maximum atomic E-state index is 12.2. The number of benzene rings is 1. The second kappa shape index (κ2) is 8.16. The van der Waals surface area contributed by atoms with Crippen molar-refractivity contribution < 1.29 is 9.90 Å². The van der Waals surface area contributed by atoms with Gasteiger partial charge in [0, 0.05) is 24.6 Å². The zero-order valence-electron chi connectivity index (χ0n) is 14.6. The van der Waals surface area contributed by atoms with Gasteiger partial charge >= 0.3 is 6.03 Å². The summed E-state index contributed by atoms with van der Waals surface area (Å²) >= 11 is 0. The SMILES string of the molecule is CC(NC(=O)NCC1CCCC(O)C1)c1cccc(-n2ccnc2)c1. The predicted molar refractivity (Wildman–Crippen MR) is 96.5 cm³/mol. The molecule has 1 aliphatic carbocycles. The Labute approximate surface area is 148 Å². The molecule has 1 saturated carbocycles. The second-order valence-corrected chi connectivity index (χ2v) is 6.83. The van der Waals surface area contributed by atoms with Gasteiger partial charge in [-0.15, -0.1) is 0 Å². The van der Waals surface area contributed by atoms with Crippen molar-refractivity contribution in [1.29, 1.82) is 0 Å². The van der Waals surface area contributed by atoms with Crippen LogP contribution in [-0.4, -0.2) is 33.3 Å². The number of nitrogens with zero attached hydrogens (tertiary/aromatic N) is 2. The van der Waals surface area contributed by atoms with Gasteiger partial charge in [-0.2, -0.15) is 0 Å². The third-order valence-electron chi connectivity index (χ3n) is 4.83. The summed E-state index contributed by atoms with van der Waals surface area (Å²) in [7, 11) is 0. The Morgan fingerprint density at radius 3 is 3.08 bits per heavy atom. The molecule has 0 aliphatic heterocycles. The molecule has 2 aromatic rings. The Balaban J connectivity index is 1.52. The van der Waals surface area contributed by atoms with E-state index < -0.39 is 0 Å². The molecule has 0 radical (unpaired) electrons. The highest BCUT2D eigenvalue weighted by atomic mass is 16.3. The van der Waals surface area contributed by atoms with Crippen molar-refractivity contribution in [1.82, 2.24) is 20.2 Å². The molecule has 0 spiro atoms. The van der Waals surface area contributed by atoms with E-state index in [0.717, 1.165) is 36.9 Å². The second-order valence-electron chi connectivity index (χ2n) is 6.83.